The summed E-state index contributed by atoms with van der Waals surface area (Å²) in [6.07, 6.45) is -47.3. The molecule has 0 spiro atoms. The largest absolute Gasteiger partial charge is 0.416 e. The fourth-order valence-electron chi connectivity index (χ4n) is 7.52. The second kappa shape index (κ2) is 19.4. The topological polar surface area (TPSA) is 16.8 Å². The number of hydrogen-bond acceptors (Lipinski definition) is 1. The molecule has 1 aromatic heterocycles. The van der Waals surface area contributed by atoms with E-state index >= 15 is 0 Å². The van der Waals surface area contributed by atoms with Gasteiger partial charge in [0.15, 0.2) is 18.9 Å². The molecular formula is C45H25BF24N2. The molecule has 0 N–H and O–H groups in total. The predicted molar refractivity (Wildman–Crippen MR) is 210 cm³/mol. The van der Waals surface area contributed by atoms with Gasteiger partial charge in [-0.1, -0.05) is 85.4 Å². The fraction of sp³-hybridized carbons (Fsp3) is 0.200. The van der Waals surface area contributed by atoms with Gasteiger partial charge in [-0.3, -0.25) is 0 Å². The van der Waals surface area contributed by atoms with Gasteiger partial charge in [-0.2, -0.15) is 132 Å². The molecular weight excluding hydrogens is 1040 g/mol. The zero-order chi connectivity index (χ0) is 54.4. The third-order valence-corrected chi connectivity index (χ3v) is 10.6. The molecule has 0 aliphatic carbocycles. The van der Waals surface area contributed by atoms with Gasteiger partial charge in [0.25, 0.3) is 0 Å². The maximum Gasteiger partial charge on any atom is 0.416 e. The molecule has 6 aromatic rings. The zero-order valence-electron chi connectivity index (χ0n) is 35.1. The Labute approximate surface area is 388 Å². The smallest absolute Gasteiger partial charge is 0.244 e. The third kappa shape index (κ3) is 13.0. The first-order valence-corrected chi connectivity index (χ1v) is 19.5. The lowest BCUT2D eigenvalue weighted by molar-refractivity contribution is -0.689. The van der Waals surface area contributed by atoms with Crippen molar-refractivity contribution in [3.8, 4) is 0 Å². The standard InChI is InChI=1S/C32H12BF24.C13H13N2/c34-25(35,36)13-1-14(26(37,38)39)6-21(5-13)33(22-7-15(27(40,41)42)2-16(8-22)28(43,44)45,23-9-17(29(46,47)48)3-18(10-23)30(49,50)51)24-11-19(31(52,53)54)4-20(12-24)32(55,56)57;1-2-13-11-15(9-8-14-13)10-12-6-4-3-5-7-12/h1-12H;2-9,11H,1,10H2/q-1;+1. The van der Waals surface area contributed by atoms with E-state index in [-0.39, 0.29) is 0 Å². The molecule has 0 fully saturated rings. The second-order valence-electron chi connectivity index (χ2n) is 15.6. The van der Waals surface area contributed by atoms with Crippen LogP contribution in [0.5, 0.6) is 0 Å². The highest BCUT2D eigenvalue weighted by Crippen LogP contribution is 2.41. The third-order valence-electron chi connectivity index (χ3n) is 10.6. The lowest BCUT2D eigenvalue weighted by Gasteiger charge is -2.46. The van der Waals surface area contributed by atoms with E-state index in [1.807, 2.05) is 30.6 Å². The van der Waals surface area contributed by atoms with Crippen molar-refractivity contribution in [2.45, 2.75) is 56.0 Å². The van der Waals surface area contributed by atoms with Crippen LogP contribution in [0, 0.1) is 0 Å². The van der Waals surface area contributed by atoms with Crippen LogP contribution in [0.3, 0.4) is 0 Å². The molecule has 0 saturated carbocycles. The Kier molecular flexibility index (Phi) is 15.1. The summed E-state index contributed by atoms with van der Waals surface area (Å²) in [7, 11) is 0. The maximum absolute atomic E-state index is 14.2. The monoisotopic (exact) mass is 1060 g/mol. The van der Waals surface area contributed by atoms with Crippen LogP contribution >= 0.6 is 0 Å². The molecule has 2 nitrogen and oxygen atoms in total. The van der Waals surface area contributed by atoms with E-state index in [9.17, 15) is 105 Å². The van der Waals surface area contributed by atoms with Gasteiger partial charge < -0.3 is 0 Å². The summed E-state index contributed by atoms with van der Waals surface area (Å²) < 4.78 is 343. The number of nitrogens with zero attached hydrogens (tertiary/aromatic N) is 2. The van der Waals surface area contributed by atoms with Crippen molar-refractivity contribution in [1.29, 1.82) is 0 Å². The highest BCUT2D eigenvalue weighted by Gasteiger charge is 2.47. The predicted octanol–water partition coefficient (Wildman–Crippen LogP) is 13.3. The van der Waals surface area contributed by atoms with Crippen molar-refractivity contribution in [3.63, 3.8) is 0 Å². The first kappa shape index (κ1) is 56.2. The van der Waals surface area contributed by atoms with Crippen LogP contribution in [-0.4, -0.2) is 11.1 Å². The minimum atomic E-state index is -6.13. The Balaban J connectivity index is 0.000000542. The number of hydrogen-bond donors (Lipinski definition) is 0. The van der Waals surface area contributed by atoms with Gasteiger partial charge >= 0.3 is 49.4 Å². The zero-order valence-corrected chi connectivity index (χ0v) is 35.1. The van der Waals surface area contributed by atoms with E-state index in [1.165, 1.54) is 5.56 Å². The summed E-state index contributed by atoms with van der Waals surface area (Å²) in [5.41, 5.74) is -28.0. The highest BCUT2D eigenvalue weighted by molar-refractivity contribution is 7.20. The second-order valence-corrected chi connectivity index (χ2v) is 15.6. The van der Waals surface area contributed by atoms with E-state index in [4.69, 9.17) is 0 Å². The Morgan fingerprint density at radius 2 is 0.639 bits per heavy atom. The van der Waals surface area contributed by atoms with Crippen LogP contribution in [0.2, 0.25) is 0 Å². The van der Waals surface area contributed by atoms with E-state index in [0.717, 1.165) is 12.2 Å². The van der Waals surface area contributed by atoms with Crippen molar-refractivity contribution in [1.82, 2.24) is 4.98 Å². The first-order valence-electron chi connectivity index (χ1n) is 19.5. The highest BCUT2D eigenvalue weighted by atomic mass is 19.4. The lowest BCUT2D eigenvalue weighted by atomic mass is 9.12. The van der Waals surface area contributed by atoms with Gasteiger partial charge in [-0.25, -0.2) is 4.98 Å². The maximum atomic E-state index is 14.2. The molecule has 0 bridgehead atoms. The van der Waals surface area contributed by atoms with Gasteiger partial charge in [-0.15, -0.1) is 0 Å². The number of alkyl halides is 24. The lowest BCUT2D eigenvalue weighted by Crippen LogP contribution is -2.75. The first-order chi connectivity index (χ1) is 32.6. The molecule has 72 heavy (non-hydrogen) atoms. The quantitative estimate of drug-likeness (QED) is 0.0884. The van der Waals surface area contributed by atoms with Gasteiger partial charge in [0.2, 0.25) is 0 Å². The summed E-state index contributed by atoms with van der Waals surface area (Å²) in [4.78, 5) is 4.16. The molecule has 0 atom stereocenters. The van der Waals surface area contributed by atoms with Crippen molar-refractivity contribution >= 4 is 34.1 Å². The molecule has 5 aromatic carbocycles. The van der Waals surface area contributed by atoms with E-state index in [1.54, 1.807) is 12.3 Å². The minimum absolute atomic E-state index is 0.691. The van der Waals surface area contributed by atoms with Gasteiger partial charge in [0.1, 0.15) is 11.8 Å². The SMILES string of the molecule is C=Cc1c[n+](Cc2ccccc2)ccn1.FC(F)(F)c1cc([B-](c2cc(C(F)(F)F)cc(C(F)(F)F)c2)(c2cc(C(F)(F)F)cc(C(F)(F)F)c2)c2cc(C(F)(F)F)cc(C(F)(F)F)c2)cc(C(F)(F)F)c1. The summed E-state index contributed by atoms with van der Waals surface area (Å²) in [5.74, 6) is 0. The van der Waals surface area contributed by atoms with Gasteiger partial charge in [0.05, 0.1) is 50.7 Å². The summed E-state index contributed by atoms with van der Waals surface area (Å²) in [6, 6.07) is 1.53. The van der Waals surface area contributed by atoms with Crippen molar-refractivity contribution in [2.75, 3.05) is 0 Å². The Morgan fingerprint density at radius 1 is 0.389 bits per heavy atom. The van der Waals surface area contributed by atoms with Crippen LogP contribution in [0.25, 0.3) is 6.08 Å². The number of benzene rings is 5. The molecule has 0 aliphatic heterocycles. The molecule has 0 amide bonds. The van der Waals surface area contributed by atoms with Crippen LogP contribution in [0.15, 0.2) is 128 Å². The molecule has 0 aliphatic rings. The van der Waals surface area contributed by atoms with Crippen molar-refractivity contribution < 1.29 is 110 Å². The van der Waals surface area contributed by atoms with E-state index in [0.29, 0.717) is 0 Å². The molecule has 0 radical (unpaired) electrons. The summed E-state index contributed by atoms with van der Waals surface area (Å²) in [5, 5.41) is 0. The Hall–Kier alpha value is -6.70. The van der Waals surface area contributed by atoms with Gasteiger partial charge in [0, 0.05) is 5.56 Å². The van der Waals surface area contributed by atoms with Gasteiger partial charge in [-0.05, 0) is 30.3 Å². The molecule has 386 valence electrons. The average Bonchev–Trinajstić information content (AvgIpc) is 3.24. The van der Waals surface area contributed by atoms with Crippen LogP contribution < -0.4 is 26.4 Å². The molecule has 27 heteroatoms. The summed E-state index contributed by atoms with van der Waals surface area (Å²) >= 11 is 0. The average molecular weight is 1060 g/mol. The van der Waals surface area contributed by atoms with Crippen LogP contribution in [0.4, 0.5) is 105 Å². The Morgan fingerprint density at radius 3 is 0.861 bits per heavy atom. The summed E-state index contributed by atoms with van der Waals surface area (Å²) in [6.45, 7) is 4.57. The molecule has 6 rings (SSSR count). The van der Waals surface area contributed by atoms with E-state index < -0.39 is 195 Å². The Bertz CT molecular complexity index is 2460. The number of halogens is 24. The van der Waals surface area contributed by atoms with Crippen LogP contribution in [-0.2, 0) is 56.0 Å². The number of rotatable bonds is 7. The fourth-order valence-corrected chi connectivity index (χ4v) is 7.52. The van der Waals surface area contributed by atoms with Crippen molar-refractivity contribution in [2.24, 2.45) is 0 Å². The minimum Gasteiger partial charge on any atom is -0.244 e. The molecule has 0 saturated heterocycles. The molecule has 1 heterocycles. The molecule has 0 unspecified atom stereocenters. The van der Waals surface area contributed by atoms with Crippen molar-refractivity contribution in [3.05, 3.63) is 184 Å². The van der Waals surface area contributed by atoms with Crippen LogP contribution in [0.1, 0.15) is 55.8 Å². The van der Waals surface area contributed by atoms with E-state index in [2.05, 4.69) is 28.3 Å². The normalized spacial score (nSPS) is 13.4. The number of aromatic nitrogens is 2.